The highest BCUT2D eigenvalue weighted by Gasteiger charge is 2.46. The molecule has 14 rings (SSSR count). The fourth-order valence-electron chi connectivity index (χ4n) is 12.0. The van der Waals surface area contributed by atoms with E-state index in [0.29, 0.717) is 0 Å². The summed E-state index contributed by atoms with van der Waals surface area (Å²) < 4.78 is 12.2. The number of para-hydroxylation sites is 1. The molecule has 0 fully saturated rings. The number of hydrogen-bond donors (Lipinski definition) is 0. The zero-order chi connectivity index (χ0) is 43.3. The molecule has 5 heterocycles. The van der Waals surface area contributed by atoms with Gasteiger partial charge in [-0.25, -0.2) is 0 Å². The second kappa shape index (κ2) is 12.0. The molecule has 0 saturated heterocycles. The Kier molecular flexibility index (Phi) is 6.89. The van der Waals surface area contributed by atoms with Gasteiger partial charge in [0.2, 0.25) is 0 Å². The first-order valence-corrected chi connectivity index (χ1v) is 23.7. The lowest BCUT2D eigenvalue weighted by Gasteiger charge is -2.42. The number of furan rings is 1. The Morgan fingerprint density at radius 1 is 0.547 bits per heavy atom. The van der Waals surface area contributed by atoms with Crippen molar-refractivity contribution in [3.05, 3.63) is 162 Å². The van der Waals surface area contributed by atoms with Gasteiger partial charge in [0.05, 0.1) is 16.4 Å². The number of hydrogen-bond acceptors (Lipinski definition) is 3. The van der Waals surface area contributed by atoms with Gasteiger partial charge in [0.25, 0.3) is 0 Å². The second-order valence-corrected chi connectivity index (χ2v) is 22.4. The number of thiophene rings is 1. The molecule has 0 atom stereocenters. The fraction of sp³-hybridized carbons (Fsp3) is 0.186. The van der Waals surface area contributed by atoms with Crippen LogP contribution < -0.4 is 15.7 Å². The zero-order valence-corrected chi connectivity index (χ0v) is 38.4. The van der Waals surface area contributed by atoms with Gasteiger partial charge < -0.3 is 13.8 Å². The minimum absolute atomic E-state index is 0.0351. The predicted molar refractivity (Wildman–Crippen MR) is 275 cm³/mol. The Morgan fingerprint density at radius 3 is 2.09 bits per heavy atom. The molecule has 11 aromatic rings. The van der Waals surface area contributed by atoms with Crippen molar-refractivity contribution in [2.45, 2.75) is 71.6 Å². The van der Waals surface area contributed by atoms with Crippen LogP contribution in [-0.4, -0.2) is 11.4 Å². The molecule has 0 bridgehead atoms. The minimum atomic E-state index is -0.154. The summed E-state index contributed by atoms with van der Waals surface area (Å²) in [5.41, 5.74) is 21.4. The summed E-state index contributed by atoms with van der Waals surface area (Å²) in [5, 5.41) is 7.41. The molecule has 3 aromatic heterocycles. The van der Waals surface area contributed by atoms with Crippen LogP contribution in [0.2, 0.25) is 0 Å². The first kappa shape index (κ1) is 36.9. The normalized spacial score (nSPS) is 14.9. The molecule has 5 heteroatoms. The van der Waals surface area contributed by atoms with Crippen LogP contribution in [-0.2, 0) is 16.2 Å². The molecule has 2 aliphatic heterocycles. The van der Waals surface area contributed by atoms with Gasteiger partial charge in [-0.1, -0.05) is 134 Å². The van der Waals surface area contributed by atoms with Crippen LogP contribution in [0.5, 0.6) is 0 Å². The molecule has 3 nitrogen and oxygen atoms in total. The molecule has 0 N–H and O–H groups in total. The van der Waals surface area contributed by atoms with Crippen molar-refractivity contribution in [2.75, 3.05) is 4.81 Å². The maximum absolute atomic E-state index is 6.90. The Bertz CT molecular complexity index is 3900. The third-order valence-corrected chi connectivity index (χ3v) is 16.4. The predicted octanol–water partition coefficient (Wildman–Crippen LogP) is 15.2. The van der Waals surface area contributed by atoms with E-state index in [2.05, 4.69) is 204 Å². The summed E-state index contributed by atoms with van der Waals surface area (Å²) in [7, 11) is 0. The van der Waals surface area contributed by atoms with E-state index in [0.717, 1.165) is 21.9 Å². The summed E-state index contributed by atoms with van der Waals surface area (Å²) in [6.07, 6.45) is 0. The van der Waals surface area contributed by atoms with Crippen LogP contribution in [0.3, 0.4) is 0 Å². The summed E-state index contributed by atoms with van der Waals surface area (Å²) in [6, 6.07) is 53.9. The van der Waals surface area contributed by atoms with Crippen LogP contribution in [0, 0.1) is 0 Å². The lowest BCUT2D eigenvalue weighted by Crippen LogP contribution is -2.60. The van der Waals surface area contributed by atoms with Gasteiger partial charge in [0.15, 0.2) is 0 Å². The van der Waals surface area contributed by atoms with Crippen LogP contribution in [0.4, 0.5) is 11.4 Å². The first-order chi connectivity index (χ1) is 30.8. The van der Waals surface area contributed by atoms with E-state index >= 15 is 0 Å². The van der Waals surface area contributed by atoms with Crippen LogP contribution in [0.25, 0.3) is 91.9 Å². The Morgan fingerprint density at radius 2 is 1.28 bits per heavy atom. The van der Waals surface area contributed by atoms with Crippen molar-refractivity contribution >= 4 is 104 Å². The SMILES string of the molecule is CC(C)(C)c1ccc(N2B3c4cc5c(cc4-n4c6ccc7c8ccccc8oc7c6c6ccc(c3c64)-c3cc4c(cc32)sc2ccc(C(C)(C)C)cc24)C(C)(C)c2ccccc2-5)cc1. The van der Waals surface area contributed by atoms with Gasteiger partial charge in [0, 0.05) is 64.4 Å². The molecular weight excluding hydrogens is 796 g/mol. The maximum Gasteiger partial charge on any atom is 0.333 e. The average molecular weight is 843 g/mol. The Balaban J connectivity index is 1.16. The number of anilines is 2. The highest BCUT2D eigenvalue weighted by Crippen LogP contribution is 2.53. The van der Waals surface area contributed by atoms with Crippen LogP contribution in [0.1, 0.15) is 77.6 Å². The van der Waals surface area contributed by atoms with Crippen molar-refractivity contribution in [3.8, 4) is 27.9 Å². The molecule has 0 amide bonds. The zero-order valence-electron chi connectivity index (χ0n) is 37.6. The van der Waals surface area contributed by atoms with E-state index in [4.69, 9.17) is 4.42 Å². The summed E-state index contributed by atoms with van der Waals surface area (Å²) >= 11 is 1.92. The van der Waals surface area contributed by atoms with E-state index in [-0.39, 0.29) is 23.1 Å². The molecule has 0 spiro atoms. The minimum Gasteiger partial charge on any atom is -0.455 e. The van der Waals surface area contributed by atoms with Crippen molar-refractivity contribution < 1.29 is 4.42 Å². The molecule has 308 valence electrons. The lowest BCUT2D eigenvalue weighted by atomic mass is 9.43. The monoisotopic (exact) mass is 842 g/mol. The van der Waals surface area contributed by atoms with Crippen LogP contribution >= 0.6 is 11.3 Å². The van der Waals surface area contributed by atoms with Crippen molar-refractivity contribution in [1.82, 2.24) is 4.57 Å². The largest absolute Gasteiger partial charge is 0.455 e. The van der Waals surface area contributed by atoms with Crippen LogP contribution in [0.15, 0.2) is 144 Å². The van der Waals surface area contributed by atoms with Gasteiger partial charge >= 0.3 is 6.85 Å². The third-order valence-electron chi connectivity index (χ3n) is 15.3. The van der Waals surface area contributed by atoms with E-state index in [1.54, 1.807) is 0 Å². The van der Waals surface area contributed by atoms with E-state index in [9.17, 15) is 0 Å². The van der Waals surface area contributed by atoms with E-state index in [1.165, 1.54) is 114 Å². The summed E-state index contributed by atoms with van der Waals surface area (Å²) in [4.78, 5) is 2.70. The molecule has 1 aliphatic carbocycles. The van der Waals surface area contributed by atoms with Crippen molar-refractivity contribution in [3.63, 3.8) is 0 Å². The highest BCUT2D eigenvalue weighted by molar-refractivity contribution is 7.25. The van der Waals surface area contributed by atoms with Crippen molar-refractivity contribution in [2.24, 2.45) is 0 Å². The number of rotatable bonds is 1. The quantitative estimate of drug-likeness (QED) is 0.154. The van der Waals surface area contributed by atoms with Gasteiger partial charge in [0.1, 0.15) is 11.2 Å². The third kappa shape index (κ3) is 4.63. The molecule has 64 heavy (non-hydrogen) atoms. The smallest absolute Gasteiger partial charge is 0.333 e. The summed E-state index contributed by atoms with van der Waals surface area (Å²) in [5.74, 6) is 0. The van der Waals surface area contributed by atoms with E-state index < -0.39 is 0 Å². The molecule has 0 unspecified atom stereocenters. The Labute approximate surface area is 377 Å². The maximum atomic E-state index is 6.90. The number of fused-ring (bicyclic) bond motifs is 18. The molecule has 8 aromatic carbocycles. The van der Waals surface area contributed by atoms with Gasteiger partial charge in [-0.2, -0.15) is 0 Å². The van der Waals surface area contributed by atoms with Gasteiger partial charge in [-0.3, -0.25) is 0 Å². The molecule has 3 aliphatic rings. The number of benzene rings is 8. The highest BCUT2D eigenvalue weighted by atomic mass is 32.1. The topological polar surface area (TPSA) is 21.3 Å². The van der Waals surface area contributed by atoms with Gasteiger partial charge in [-0.05, 0) is 121 Å². The first-order valence-electron chi connectivity index (χ1n) is 22.9. The second-order valence-electron chi connectivity index (χ2n) is 21.3. The molecule has 0 radical (unpaired) electrons. The molecular formula is C59H47BN2OS. The van der Waals surface area contributed by atoms with Gasteiger partial charge in [-0.15, -0.1) is 11.3 Å². The average Bonchev–Trinajstić information content (AvgIpc) is 4.00. The standard InChI is InChI=1S/C59H47BN2OS/c1-57(2,3)32-17-20-34(21-18-32)62-48-31-52-43(42-27-33(58(4,5)6)19-26-51(42)64-52)28-41(48)37-22-23-39-53-47(25-24-38-36-14-10-12-16-50(36)63-56(38)53)61-49-30-45-40(29-46(49)60(62)54(37)55(39)61)35-13-9-11-15-44(35)59(45,7)8/h9-31H,1-8H3. The van der Waals surface area contributed by atoms with E-state index in [1.807, 2.05) is 11.3 Å². The molecule has 0 saturated carbocycles. The van der Waals surface area contributed by atoms with Crippen molar-refractivity contribution in [1.29, 1.82) is 0 Å². The number of aromatic nitrogens is 1. The fourth-order valence-corrected chi connectivity index (χ4v) is 13.1. The lowest BCUT2D eigenvalue weighted by molar-refractivity contribution is 0.590. The summed E-state index contributed by atoms with van der Waals surface area (Å²) in [6.45, 7) is 18.6. The number of nitrogens with zero attached hydrogens (tertiary/aromatic N) is 2. The Hall–Kier alpha value is -6.56.